The number of carbonyl (C=O) groups excluding carboxylic acids is 1. The Labute approximate surface area is 170 Å². The molecule has 5 rings (SSSR count). The van der Waals surface area contributed by atoms with E-state index in [2.05, 4.69) is 46.5 Å². The number of hydrogen-bond donors (Lipinski definition) is 1. The van der Waals surface area contributed by atoms with Crippen LogP contribution in [-0.2, 0) is 11.3 Å². The number of aromatic nitrogens is 3. The first kappa shape index (κ1) is 18.0. The summed E-state index contributed by atoms with van der Waals surface area (Å²) in [5.74, 6) is 2.32. The summed E-state index contributed by atoms with van der Waals surface area (Å²) in [6, 6.07) is 14.2. The van der Waals surface area contributed by atoms with Gasteiger partial charge in [0, 0.05) is 41.9 Å². The highest BCUT2D eigenvalue weighted by Crippen LogP contribution is 2.40. The van der Waals surface area contributed by atoms with Crippen molar-refractivity contribution in [3.63, 3.8) is 0 Å². The van der Waals surface area contributed by atoms with E-state index in [4.69, 9.17) is 4.98 Å². The molecular weight excluding hydrogens is 360 g/mol. The number of rotatable bonds is 6. The Hall–Kier alpha value is -3.08. The molecule has 0 bridgehead atoms. The van der Waals surface area contributed by atoms with Gasteiger partial charge in [-0.05, 0) is 42.9 Å². The van der Waals surface area contributed by atoms with E-state index in [0.717, 1.165) is 40.3 Å². The lowest BCUT2D eigenvalue weighted by Crippen LogP contribution is -2.24. The summed E-state index contributed by atoms with van der Waals surface area (Å²) >= 11 is 0. The molecule has 5 nitrogen and oxygen atoms in total. The van der Waals surface area contributed by atoms with Crippen LogP contribution in [0.15, 0.2) is 54.9 Å². The second-order valence-corrected chi connectivity index (χ2v) is 8.21. The molecule has 0 unspecified atom stereocenters. The average molecular weight is 384 g/mol. The van der Waals surface area contributed by atoms with Crippen molar-refractivity contribution in [3.05, 3.63) is 66.2 Å². The van der Waals surface area contributed by atoms with Crippen molar-refractivity contribution in [1.82, 2.24) is 20.3 Å². The molecular formula is C24H24N4O. The molecule has 1 aromatic carbocycles. The van der Waals surface area contributed by atoms with Gasteiger partial charge in [-0.3, -0.25) is 9.78 Å². The van der Waals surface area contributed by atoms with E-state index in [1.165, 1.54) is 12.8 Å². The van der Waals surface area contributed by atoms with Crippen molar-refractivity contribution in [2.24, 2.45) is 11.8 Å². The van der Waals surface area contributed by atoms with Crippen LogP contribution in [0.25, 0.3) is 22.5 Å². The Kier molecular flexibility index (Phi) is 4.58. The maximum absolute atomic E-state index is 12.1. The van der Waals surface area contributed by atoms with Crippen LogP contribution in [0.1, 0.15) is 43.5 Å². The van der Waals surface area contributed by atoms with E-state index < -0.39 is 0 Å². The van der Waals surface area contributed by atoms with Gasteiger partial charge in [-0.25, -0.2) is 9.97 Å². The fraction of sp³-hybridized carbons (Fsp3) is 0.333. The van der Waals surface area contributed by atoms with E-state index in [1.807, 2.05) is 24.4 Å². The van der Waals surface area contributed by atoms with Crippen LogP contribution in [0.5, 0.6) is 0 Å². The molecule has 2 aliphatic rings. The molecule has 2 fully saturated rings. The predicted molar refractivity (Wildman–Crippen MR) is 112 cm³/mol. The molecule has 29 heavy (non-hydrogen) atoms. The van der Waals surface area contributed by atoms with Gasteiger partial charge >= 0.3 is 0 Å². The van der Waals surface area contributed by atoms with Gasteiger partial charge in [0.05, 0.1) is 11.4 Å². The van der Waals surface area contributed by atoms with Crippen LogP contribution in [0.3, 0.4) is 0 Å². The van der Waals surface area contributed by atoms with Gasteiger partial charge in [-0.1, -0.05) is 37.3 Å². The number of pyridine rings is 1. The van der Waals surface area contributed by atoms with Crippen molar-refractivity contribution >= 4 is 5.91 Å². The van der Waals surface area contributed by atoms with Crippen LogP contribution in [0.4, 0.5) is 0 Å². The topological polar surface area (TPSA) is 67.8 Å². The van der Waals surface area contributed by atoms with Gasteiger partial charge in [-0.2, -0.15) is 0 Å². The summed E-state index contributed by atoms with van der Waals surface area (Å²) in [6.45, 7) is 2.68. The summed E-state index contributed by atoms with van der Waals surface area (Å²) in [5, 5.41) is 3.05. The molecule has 0 aliphatic heterocycles. The lowest BCUT2D eigenvalue weighted by Gasteiger charge is -2.11. The van der Waals surface area contributed by atoms with Gasteiger partial charge in [0.15, 0.2) is 0 Å². The molecule has 146 valence electrons. The summed E-state index contributed by atoms with van der Waals surface area (Å²) < 4.78 is 0. The van der Waals surface area contributed by atoms with E-state index in [1.54, 1.807) is 6.20 Å². The smallest absolute Gasteiger partial charge is 0.223 e. The van der Waals surface area contributed by atoms with Crippen LogP contribution >= 0.6 is 0 Å². The first-order valence-corrected chi connectivity index (χ1v) is 10.3. The van der Waals surface area contributed by atoms with Crippen LogP contribution in [0.2, 0.25) is 0 Å². The van der Waals surface area contributed by atoms with Crippen molar-refractivity contribution in [2.45, 2.75) is 38.6 Å². The van der Waals surface area contributed by atoms with Gasteiger partial charge < -0.3 is 5.32 Å². The highest BCUT2D eigenvalue weighted by molar-refractivity contribution is 5.81. The third-order valence-electron chi connectivity index (χ3n) is 5.83. The van der Waals surface area contributed by atoms with Gasteiger partial charge in [-0.15, -0.1) is 0 Å². The number of hydrogen-bond acceptors (Lipinski definition) is 4. The maximum atomic E-state index is 12.1. The first-order chi connectivity index (χ1) is 14.2. The zero-order valence-corrected chi connectivity index (χ0v) is 16.5. The minimum Gasteiger partial charge on any atom is -0.352 e. The van der Waals surface area contributed by atoms with E-state index in [-0.39, 0.29) is 11.8 Å². The number of nitrogens with zero attached hydrogens (tertiary/aromatic N) is 3. The largest absolute Gasteiger partial charge is 0.352 e. The molecule has 1 N–H and O–H groups in total. The standard InChI is InChI=1S/C24H24N4O/c1-15-12-19(15)24(29)27-13-16-5-7-17(8-6-16)22-20(21-4-2-3-11-25-21)14-26-23(28-22)18-9-10-18/h2-8,11,14-15,18-19H,9-10,12-13H2,1H3,(H,27,29)/t15-,19+/m1/s1. The number of amides is 1. The van der Waals surface area contributed by atoms with Gasteiger partial charge in [0.1, 0.15) is 5.82 Å². The average Bonchev–Trinajstić information content (AvgIpc) is 3.69. The Morgan fingerprint density at radius 3 is 2.55 bits per heavy atom. The molecule has 2 saturated carbocycles. The van der Waals surface area contributed by atoms with Crippen molar-refractivity contribution in [2.75, 3.05) is 0 Å². The second-order valence-electron chi connectivity index (χ2n) is 8.21. The third-order valence-corrected chi connectivity index (χ3v) is 5.83. The quantitative estimate of drug-likeness (QED) is 0.686. The van der Waals surface area contributed by atoms with Crippen molar-refractivity contribution in [3.8, 4) is 22.5 Å². The minimum absolute atomic E-state index is 0.170. The van der Waals surface area contributed by atoms with Crippen LogP contribution < -0.4 is 5.32 Å². The van der Waals surface area contributed by atoms with Gasteiger partial charge in [0.25, 0.3) is 0 Å². The lowest BCUT2D eigenvalue weighted by molar-refractivity contribution is -0.122. The molecule has 2 atom stereocenters. The summed E-state index contributed by atoms with van der Waals surface area (Å²) in [5.41, 5.74) is 4.87. The van der Waals surface area contributed by atoms with Crippen molar-refractivity contribution < 1.29 is 4.79 Å². The predicted octanol–water partition coefficient (Wildman–Crippen LogP) is 4.36. The number of benzene rings is 1. The van der Waals surface area contributed by atoms with E-state index in [9.17, 15) is 4.79 Å². The zero-order chi connectivity index (χ0) is 19.8. The van der Waals surface area contributed by atoms with Crippen molar-refractivity contribution in [1.29, 1.82) is 0 Å². The third kappa shape index (κ3) is 3.90. The van der Waals surface area contributed by atoms with Gasteiger partial charge in [0.2, 0.25) is 5.91 Å². The normalized spacial score (nSPS) is 20.3. The Morgan fingerprint density at radius 2 is 1.90 bits per heavy atom. The Balaban J connectivity index is 1.40. The monoisotopic (exact) mass is 384 g/mol. The van der Waals surface area contributed by atoms with Crippen LogP contribution in [0, 0.1) is 11.8 Å². The van der Waals surface area contributed by atoms with E-state index in [0.29, 0.717) is 18.4 Å². The SMILES string of the molecule is C[C@@H]1C[C@@H]1C(=O)NCc1ccc(-c2nc(C3CC3)ncc2-c2ccccn2)cc1. The summed E-state index contributed by atoms with van der Waals surface area (Å²) in [4.78, 5) is 26.0. The molecule has 2 aliphatic carbocycles. The summed E-state index contributed by atoms with van der Waals surface area (Å²) in [7, 11) is 0. The number of carbonyl (C=O) groups is 1. The highest BCUT2D eigenvalue weighted by atomic mass is 16.2. The molecule has 1 amide bonds. The molecule has 3 aromatic rings. The zero-order valence-electron chi connectivity index (χ0n) is 16.5. The second kappa shape index (κ2) is 7.39. The highest BCUT2D eigenvalue weighted by Gasteiger charge is 2.38. The first-order valence-electron chi connectivity index (χ1n) is 10.3. The Bertz CT molecular complexity index is 1030. The molecule has 5 heteroatoms. The minimum atomic E-state index is 0.170. The Morgan fingerprint density at radius 1 is 1.10 bits per heavy atom. The molecule has 0 saturated heterocycles. The maximum Gasteiger partial charge on any atom is 0.223 e. The molecule has 0 spiro atoms. The number of nitrogens with one attached hydrogen (secondary N) is 1. The fourth-order valence-corrected chi connectivity index (χ4v) is 3.65. The molecule has 0 radical (unpaired) electrons. The summed E-state index contributed by atoms with van der Waals surface area (Å²) in [6.07, 6.45) is 7.04. The lowest BCUT2D eigenvalue weighted by atomic mass is 10.0. The van der Waals surface area contributed by atoms with E-state index >= 15 is 0 Å². The molecule has 2 aromatic heterocycles. The fourth-order valence-electron chi connectivity index (χ4n) is 3.65. The van der Waals surface area contributed by atoms with Crippen LogP contribution in [-0.4, -0.2) is 20.9 Å². The molecule has 2 heterocycles.